The Balaban J connectivity index is 1.57. The first-order valence-corrected chi connectivity index (χ1v) is 10.7. The van der Waals surface area contributed by atoms with Crippen LogP contribution in [0.1, 0.15) is 16.1 Å². The highest BCUT2D eigenvalue weighted by Crippen LogP contribution is 2.40. The number of hydrogen-bond donors (Lipinski definition) is 0. The Bertz CT molecular complexity index is 1590. The molecule has 0 aliphatic carbocycles. The van der Waals surface area contributed by atoms with Gasteiger partial charge in [0, 0.05) is 6.07 Å². The minimum absolute atomic E-state index is 0.0182. The molecule has 1 aromatic heterocycles. The lowest BCUT2D eigenvalue weighted by Crippen LogP contribution is -2.16. The van der Waals surface area contributed by atoms with Gasteiger partial charge in [-0.15, -0.1) is 0 Å². The van der Waals surface area contributed by atoms with Gasteiger partial charge < -0.3 is 28.1 Å². The van der Waals surface area contributed by atoms with Crippen molar-refractivity contribution in [3.63, 3.8) is 0 Å². The lowest BCUT2D eigenvalue weighted by Gasteiger charge is -2.15. The number of rotatable bonds is 5. The average molecular weight is 514 g/mol. The van der Waals surface area contributed by atoms with Crippen LogP contribution in [0, 0.1) is 0 Å². The Morgan fingerprint density at radius 2 is 1.65 bits per heavy atom. The second kappa shape index (κ2) is 9.08. The molecule has 0 radical (unpaired) electrons. The minimum Gasteiger partial charge on any atom is -0.493 e. The monoisotopic (exact) mass is 514 g/mol. The van der Waals surface area contributed by atoms with Crippen molar-refractivity contribution in [2.75, 3.05) is 21.0 Å². The highest BCUT2D eigenvalue weighted by molar-refractivity contribution is 5.92. The molecule has 190 valence electrons. The van der Waals surface area contributed by atoms with Gasteiger partial charge in [-0.25, -0.2) is 4.79 Å². The molecule has 1 aliphatic rings. The number of carbonyl (C=O) groups is 1. The van der Waals surface area contributed by atoms with Crippen molar-refractivity contribution in [3.8, 4) is 39.9 Å². The van der Waals surface area contributed by atoms with E-state index in [0.29, 0.717) is 11.5 Å². The highest BCUT2D eigenvalue weighted by Gasteiger charge is 2.39. The fraction of sp³-hybridized carbons (Fsp3) is 0.154. The van der Waals surface area contributed by atoms with Crippen molar-refractivity contribution >= 4 is 16.9 Å². The summed E-state index contributed by atoms with van der Waals surface area (Å²) >= 11 is 0. The molecule has 0 saturated carbocycles. The summed E-state index contributed by atoms with van der Waals surface area (Å²) in [6.07, 6.45) is -5.00. The first-order valence-electron chi connectivity index (χ1n) is 10.7. The van der Waals surface area contributed by atoms with Crippen LogP contribution >= 0.6 is 0 Å². The van der Waals surface area contributed by atoms with Crippen LogP contribution in [-0.4, -0.2) is 27.0 Å². The van der Waals surface area contributed by atoms with Gasteiger partial charge in [0.2, 0.25) is 18.0 Å². The van der Waals surface area contributed by atoms with Crippen molar-refractivity contribution in [1.29, 1.82) is 0 Å². The normalized spacial score (nSPS) is 12.5. The molecule has 0 saturated heterocycles. The van der Waals surface area contributed by atoms with E-state index < -0.39 is 34.5 Å². The summed E-state index contributed by atoms with van der Waals surface area (Å²) in [4.78, 5) is 25.8. The predicted molar refractivity (Wildman–Crippen MR) is 124 cm³/mol. The molecule has 5 rings (SSSR count). The fourth-order valence-corrected chi connectivity index (χ4v) is 3.88. The predicted octanol–water partition coefficient (Wildman–Crippen LogP) is 5.44. The van der Waals surface area contributed by atoms with Gasteiger partial charge in [0.25, 0.3) is 0 Å². The molecular formula is C26H17F3O8. The molecular weight excluding hydrogens is 497 g/mol. The maximum atomic E-state index is 14.0. The second-order valence-corrected chi connectivity index (χ2v) is 7.82. The zero-order chi connectivity index (χ0) is 26.3. The molecule has 1 aliphatic heterocycles. The Morgan fingerprint density at radius 1 is 0.892 bits per heavy atom. The lowest BCUT2D eigenvalue weighted by molar-refractivity contribution is -0.152. The largest absolute Gasteiger partial charge is 0.493 e. The number of esters is 1. The Kier molecular flexibility index (Phi) is 5.90. The standard InChI is InChI=1S/C26H17F3O8/c1-32-17-7-3-13(9-20(17)33-2)22-23(30)16-6-5-15(11-19(16)37-24(22)26(27,28)29)36-25(31)14-4-8-18-21(10-14)35-12-34-18/h3-11H,12H2,1-2H3. The van der Waals surface area contributed by atoms with Gasteiger partial charge in [0.1, 0.15) is 11.3 Å². The molecule has 0 fully saturated rings. The van der Waals surface area contributed by atoms with E-state index in [4.69, 9.17) is 28.1 Å². The molecule has 4 aromatic rings. The van der Waals surface area contributed by atoms with Crippen molar-refractivity contribution in [2.45, 2.75) is 6.18 Å². The lowest BCUT2D eigenvalue weighted by atomic mass is 10.0. The second-order valence-electron chi connectivity index (χ2n) is 7.82. The van der Waals surface area contributed by atoms with Crippen LogP contribution in [0.2, 0.25) is 0 Å². The summed E-state index contributed by atoms with van der Waals surface area (Å²) in [6, 6.07) is 11.9. The van der Waals surface area contributed by atoms with E-state index in [1.165, 1.54) is 62.8 Å². The molecule has 0 unspecified atom stereocenters. The molecule has 0 N–H and O–H groups in total. The number of benzene rings is 3. The Hall–Kier alpha value is -4.67. The van der Waals surface area contributed by atoms with Crippen molar-refractivity contribution < 1.29 is 46.1 Å². The molecule has 0 spiro atoms. The summed E-state index contributed by atoms with van der Waals surface area (Å²) in [5, 5.41) is -0.138. The molecule has 8 nitrogen and oxygen atoms in total. The molecule has 0 bridgehead atoms. The third-order valence-corrected chi connectivity index (χ3v) is 5.61. The Labute approximate surface area is 206 Å². The van der Waals surface area contributed by atoms with E-state index in [9.17, 15) is 22.8 Å². The Morgan fingerprint density at radius 3 is 2.38 bits per heavy atom. The van der Waals surface area contributed by atoms with E-state index in [2.05, 4.69) is 0 Å². The molecule has 0 amide bonds. The van der Waals surface area contributed by atoms with Gasteiger partial charge >= 0.3 is 12.1 Å². The maximum absolute atomic E-state index is 14.0. The van der Waals surface area contributed by atoms with Gasteiger partial charge in [-0.1, -0.05) is 6.07 Å². The number of hydrogen-bond acceptors (Lipinski definition) is 8. The van der Waals surface area contributed by atoms with Gasteiger partial charge in [0.15, 0.2) is 23.0 Å². The zero-order valence-corrected chi connectivity index (χ0v) is 19.3. The van der Waals surface area contributed by atoms with Gasteiger partial charge in [-0.05, 0) is 48.0 Å². The number of ether oxygens (including phenoxy) is 5. The first kappa shape index (κ1) is 24.0. The number of alkyl halides is 3. The summed E-state index contributed by atoms with van der Waals surface area (Å²) in [5.74, 6) is -1.18. The third-order valence-electron chi connectivity index (χ3n) is 5.61. The number of fused-ring (bicyclic) bond motifs is 2. The summed E-state index contributed by atoms with van der Waals surface area (Å²) in [5.41, 5.74) is -1.96. The summed E-state index contributed by atoms with van der Waals surface area (Å²) < 4.78 is 73.2. The SMILES string of the molecule is COc1ccc(-c2c(C(F)(F)F)oc3cc(OC(=O)c4ccc5c(c4)OCO5)ccc3c2=O)cc1OC. The van der Waals surface area contributed by atoms with E-state index >= 15 is 0 Å². The van der Waals surface area contributed by atoms with Crippen molar-refractivity contribution in [2.24, 2.45) is 0 Å². The smallest absolute Gasteiger partial charge is 0.450 e. The zero-order valence-electron chi connectivity index (χ0n) is 19.3. The highest BCUT2D eigenvalue weighted by atomic mass is 19.4. The van der Waals surface area contributed by atoms with Crippen LogP contribution in [0.4, 0.5) is 13.2 Å². The van der Waals surface area contributed by atoms with Crippen LogP contribution in [0.25, 0.3) is 22.1 Å². The van der Waals surface area contributed by atoms with Crippen LogP contribution < -0.4 is 29.1 Å². The molecule has 11 heteroatoms. The number of methoxy groups -OCH3 is 2. The first-order chi connectivity index (χ1) is 17.7. The molecule has 3 aromatic carbocycles. The van der Waals surface area contributed by atoms with Crippen molar-refractivity contribution in [3.05, 3.63) is 76.1 Å². The van der Waals surface area contributed by atoms with Gasteiger partial charge in [-0.3, -0.25) is 4.79 Å². The minimum atomic E-state index is -5.00. The van der Waals surface area contributed by atoms with E-state index in [1.54, 1.807) is 0 Å². The average Bonchev–Trinajstić information content (AvgIpc) is 3.35. The third kappa shape index (κ3) is 4.39. The summed E-state index contributed by atoms with van der Waals surface area (Å²) in [7, 11) is 2.70. The number of halogens is 3. The van der Waals surface area contributed by atoms with Crippen molar-refractivity contribution in [1.82, 2.24) is 0 Å². The maximum Gasteiger partial charge on any atom is 0.450 e. The quantitative estimate of drug-likeness (QED) is 0.257. The van der Waals surface area contributed by atoms with Crippen LogP contribution in [-0.2, 0) is 6.18 Å². The van der Waals surface area contributed by atoms with E-state index in [0.717, 1.165) is 6.07 Å². The van der Waals surface area contributed by atoms with Crippen LogP contribution in [0.3, 0.4) is 0 Å². The van der Waals surface area contributed by atoms with Gasteiger partial charge in [-0.2, -0.15) is 13.2 Å². The molecule has 2 heterocycles. The van der Waals surface area contributed by atoms with E-state index in [-0.39, 0.29) is 40.6 Å². The number of carbonyl (C=O) groups excluding carboxylic acids is 1. The topological polar surface area (TPSA) is 93.4 Å². The molecule has 0 atom stereocenters. The van der Waals surface area contributed by atoms with Crippen LogP contribution in [0.5, 0.6) is 28.7 Å². The fourth-order valence-electron chi connectivity index (χ4n) is 3.88. The summed E-state index contributed by atoms with van der Waals surface area (Å²) in [6.45, 7) is 0.0182. The van der Waals surface area contributed by atoms with E-state index in [1.807, 2.05) is 0 Å². The molecule has 37 heavy (non-hydrogen) atoms. The van der Waals surface area contributed by atoms with Crippen LogP contribution in [0.15, 0.2) is 63.8 Å². The van der Waals surface area contributed by atoms with Gasteiger partial charge in [0.05, 0.1) is 30.7 Å².